The Morgan fingerprint density at radius 2 is 0.774 bits per heavy atom. The second-order valence-electron chi connectivity index (χ2n) is 13.8. The molecule has 0 unspecified atom stereocenters. The van der Waals surface area contributed by atoms with E-state index in [9.17, 15) is 0 Å². The van der Waals surface area contributed by atoms with E-state index in [0.717, 1.165) is 50.1 Å². The van der Waals surface area contributed by atoms with Crippen LogP contribution in [0.3, 0.4) is 0 Å². The normalized spacial score (nSPS) is 11.8. The quantitative estimate of drug-likeness (QED) is 0.178. The Balaban J connectivity index is 1.08. The summed E-state index contributed by atoms with van der Waals surface area (Å²) in [5.41, 5.74) is 14.6. The third-order valence-electron chi connectivity index (χ3n) is 10.7. The maximum Gasteiger partial charge on any atom is 0.213 e. The fourth-order valence-corrected chi connectivity index (χ4v) is 8.27. The van der Waals surface area contributed by atoms with Crippen LogP contribution in [0.15, 0.2) is 199 Å². The number of para-hydroxylation sites is 2. The molecule has 11 aromatic rings. The van der Waals surface area contributed by atoms with Crippen molar-refractivity contribution in [1.82, 2.24) is 9.13 Å². The van der Waals surface area contributed by atoms with E-state index in [1.807, 2.05) is 6.07 Å². The van der Waals surface area contributed by atoms with E-state index in [1.165, 1.54) is 49.4 Å². The van der Waals surface area contributed by atoms with Gasteiger partial charge in [-0.25, -0.2) is 0 Å². The number of fused-ring (bicyclic) bond motifs is 8. The van der Waals surface area contributed by atoms with E-state index < -0.39 is 0 Å². The van der Waals surface area contributed by atoms with Crippen molar-refractivity contribution in [1.29, 1.82) is 0 Å². The fourth-order valence-electron chi connectivity index (χ4n) is 8.27. The molecule has 0 saturated carbocycles. The summed E-state index contributed by atoms with van der Waals surface area (Å²) in [4.78, 5) is 0. The van der Waals surface area contributed by atoms with Crippen LogP contribution in [0, 0.1) is 0 Å². The number of nitrogens with zero attached hydrogens (tertiary/aromatic N) is 2. The zero-order chi connectivity index (χ0) is 34.9. The van der Waals surface area contributed by atoms with Gasteiger partial charge in [-0.15, -0.1) is 0 Å². The Hall–Kier alpha value is -7.10. The zero-order valence-electron chi connectivity index (χ0n) is 28.8. The number of hydrogen-bond acceptors (Lipinski definition) is 1. The topological polar surface area (TPSA) is 23.0 Å². The molecular formula is C50H32N2O. The van der Waals surface area contributed by atoms with E-state index >= 15 is 0 Å². The molecule has 3 heteroatoms. The SMILES string of the molecule is c1ccc(-c2ccc3c(c2)c2cc(-c4ccccc4)ccc2n3-c2cccc(-c3cccc(-n4c5ccccc5c5c6ccccc6oc54)c3)c2)cc1. The summed E-state index contributed by atoms with van der Waals surface area (Å²) < 4.78 is 11.2. The van der Waals surface area contributed by atoms with Crippen molar-refractivity contribution < 1.29 is 4.42 Å². The van der Waals surface area contributed by atoms with Crippen LogP contribution in [0.1, 0.15) is 0 Å². The summed E-state index contributed by atoms with van der Waals surface area (Å²) in [6, 6.07) is 69.7. The molecule has 0 aliphatic carbocycles. The highest BCUT2D eigenvalue weighted by Crippen LogP contribution is 2.41. The molecule has 0 aliphatic rings. The number of rotatable bonds is 5. The first-order valence-corrected chi connectivity index (χ1v) is 18.1. The Bertz CT molecular complexity index is 3070. The molecule has 3 aromatic heterocycles. The molecule has 0 N–H and O–H groups in total. The fraction of sp³-hybridized carbons (Fsp3) is 0. The number of furan rings is 1. The summed E-state index contributed by atoms with van der Waals surface area (Å²) in [5.74, 6) is 0. The van der Waals surface area contributed by atoms with Crippen LogP contribution in [0.5, 0.6) is 0 Å². The maximum atomic E-state index is 6.55. The van der Waals surface area contributed by atoms with Gasteiger partial charge >= 0.3 is 0 Å². The first kappa shape index (κ1) is 29.6. The molecule has 3 nitrogen and oxygen atoms in total. The molecule has 53 heavy (non-hydrogen) atoms. The van der Waals surface area contributed by atoms with Crippen molar-refractivity contribution in [3.05, 3.63) is 194 Å². The molecule has 0 aliphatic heterocycles. The maximum absolute atomic E-state index is 6.55. The lowest BCUT2D eigenvalue weighted by molar-refractivity contribution is 0.645. The highest BCUT2D eigenvalue weighted by Gasteiger charge is 2.20. The van der Waals surface area contributed by atoms with Crippen molar-refractivity contribution >= 4 is 54.8 Å². The lowest BCUT2D eigenvalue weighted by Crippen LogP contribution is -1.96. The summed E-state index contributed by atoms with van der Waals surface area (Å²) >= 11 is 0. The molecule has 0 radical (unpaired) electrons. The van der Waals surface area contributed by atoms with Crippen LogP contribution in [-0.2, 0) is 0 Å². The van der Waals surface area contributed by atoms with Crippen molar-refractivity contribution in [2.75, 3.05) is 0 Å². The van der Waals surface area contributed by atoms with Crippen LogP contribution < -0.4 is 0 Å². The van der Waals surface area contributed by atoms with Crippen molar-refractivity contribution in [2.24, 2.45) is 0 Å². The van der Waals surface area contributed by atoms with E-state index in [2.05, 4.69) is 197 Å². The summed E-state index contributed by atoms with van der Waals surface area (Å²) in [7, 11) is 0. The predicted octanol–water partition coefficient (Wildman–Crippen LogP) is 13.6. The first-order chi connectivity index (χ1) is 26.3. The first-order valence-electron chi connectivity index (χ1n) is 18.1. The molecule has 0 amide bonds. The smallest absolute Gasteiger partial charge is 0.213 e. The molecule has 248 valence electrons. The van der Waals surface area contributed by atoms with Gasteiger partial charge in [-0.3, -0.25) is 4.57 Å². The molecule has 0 fully saturated rings. The second kappa shape index (κ2) is 11.7. The van der Waals surface area contributed by atoms with Crippen molar-refractivity contribution in [3.63, 3.8) is 0 Å². The number of hydrogen-bond donors (Lipinski definition) is 0. The largest absolute Gasteiger partial charge is 0.439 e. The van der Waals surface area contributed by atoms with Gasteiger partial charge in [0.15, 0.2) is 0 Å². The van der Waals surface area contributed by atoms with E-state index in [1.54, 1.807) is 0 Å². The Labute approximate surface area is 306 Å². The third-order valence-corrected chi connectivity index (χ3v) is 10.7. The molecule has 3 heterocycles. The van der Waals surface area contributed by atoms with Crippen molar-refractivity contribution in [2.45, 2.75) is 0 Å². The van der Waals surface area contributed by atoms with Crippen LogP contribution in [-0.4, -0.2) is 9.13 Å². The minimum Gasteiger partial charge on any atom is -0.439 e. The van der Waals surface area contributed by atoms with Gasteiger partial charge in [-0.05, 0) is 94.0 Å². The summed E-state index contributed by atoms with van der Waals surface area (Å²) in [6.45, 7) is 0. The standard InChI is InChI=1S/C50H32N2O/c1-3-13-33(14-4-1)37-25-27-46-43(31-37)44-32-38(34-15-5-2-6-16-34)26-28-47(44)51(46)39-19-11-17-35(29-39)36-18-12-20-40(30-36)52-45-23-9-7-21-41(45)49-42-22-8-10-24-48(42)53-50(49)52/h1-32H. The van der Waals surface area contributed by atoms with Crippen LogP contribution >= 0.6 is 0 Å². The zero-order valence-corrected chi connectivity index (χ0v) is 28.8. The molecule has 0 saturated heterocycles. The molecule has 11 rings (SSSR count). The molecule has 0 atom stereocenters. The Kier molecular flexibility index (Phi) is 6.55. The second-order valence-corrected chi connectivity index (χ2v) is 13.8. The lowest BCUT2D eigenvalue weighted by Gasteiger charge is -2.12. The van der Waals surface area contributed by atoms with Gasteiger partial charge in [0, 0.05) is 32.9 Å². The van der Waals surface area contributed by atoms with Gasteiger partial charge in [0.2, 0.25) is 5.71 Å². The highest BCUT2D eigenvalue weighted by molar-refractivity contribution is 6.20. The Morgan fingerprint density at radius 1 is 0.302 bits per heavy atom. The van der Waals surface area contributed by atoms with Gasteiger partial charge < -0.3 is 8.98 Å². The van der Waals surface area contributed by atoms with Gasteiger partial charge in [0.1, 0.15) is 5.58 Å². The van der Waals surface area contributed by atoms with Crippen LogP contribution in [0.2, 0.25) is 0 Å². The molecular weight excluding hydrogens is 645 g/mol. The number of benzene rings is 8. The van der Waals surface area contributed by atoms with E-state index in [-0.39, 0.29) is 0 Å². The highest BCUT2D eigenvalue weighted by atomic mass is 16.3. The third kappa shape index (κ3) is 4.68. The molecule has 0 bridgehead atoms. The Morgan fingerprint density at radius 3 is 1.40 bits per heavy atom. The van der Waals surface area contributed by atoms with Gasteiger partial charge in [-0.1, -0.05) is 133 Å². The molecule has 8 aromatic carbocycles. The van der Waals surface area contributed by atoms with Crippen molar-refractivity contribution in [3.8, 4) is 44.8 Å². The van der Waals surface area contributed by atoms with E-state index in [4.69, 9.17) is 4.42 Å². The van der Waals surface area contributed by atoms with Gasteiger partial charge in [0.05, 0.1) is 21.9 Å². The van der Waals surface area contributed by atoms with Gasteiger partial charge in [-0.2, -0.15) is 0 Å². The van der Waals surface area contributed by atoms with Crippen LogP contribution in [0.25, 0.3) is 99.5 Å². The average molecular weight is 677 g/mol. The monoisotopic (exact) mass is 676 g/mol. The predicted molar refractivity (Wildman–Crippen MR) is 221 cm³/mol. The van der Waals surface area contributed by atoms with E-state index in [0.29, 0.717) is 0 Å². The lowest BCUT2D eigenvalue weighted by atomic mass is 10.0. The average Bonchev–Trinajstić information content (AvgIpc) is 3.88. The number of aromatic nitrogens is 2. The minimum atomic E-state index is 0.869. The minimum absolute atomic E-state index is 0.869. The summed E-state index contributed by atoms with van der Waals surface area (Å²) in [6.07, 6.45) is 0. The van der Waals surface area contributed by atoms with Crippen LogP contribution in [0.4, 0.5) is 0 Å². The summed E-state index contributed by atoms with van der Waals surface area (Å²) in [5, 5.41) is 5.96. The van der Waals surface area contributed by atoms with Gasteiger partial charge in [0.25, 0.3) is 0 Å². The molecule has 0 spiro atoms.